The molecule has 1 aliphatic rings. The summed E-state index contributed by atoms with van der Waals surface area (Å²) >= 11 is 7.67. The molecule has 2 aromatic heterocycles. The third kappa shape index (κ3) is 2.61. The average molecular weight is 359 g/mol. The van der Waals surface area contributed by atoms with E-state index in [1.54, 1.807) is 11.3 Å². The number of hydrogen-bond acceptors (Lipinski definition) is 5. The molecule has 0 spiro atoms. The monoisotopic (exact) mass is 358 g/mol. The molecule has 1 aliphatic heterocycles. The molecule has 3 aromatic rings. The van der Waals surface area contributed by atoms with Crippen LogP contribution >= 0.6 is 22.9 Å². The van der Waals surface area contributed by atoms with Gasteiger partial charge in [-0.3, -0.25) is 4.79 Å². The molecule has 0 radical (unpaired) electrons. The number of carbonyl (C=O) groups is 1. The highest BCUT2D eigenvalue weighted by Gasteiger charge is 2.29. The molecule has 1 fully saturated rings. The number of rotatable bonds is 3. The van der Waals surface area contributed by atoms with Gasteiger partial charge in [0.05, 0.1) is 11.3 Å². The maximum absolute atomic E-state index is 11.5. The van der Waals surface area contributed by atoms with Gasteiger partial charge in [-0.25, -0.2) is 4.98 Å². The van der Waals surface area contributed by atoms with Crippen molar-refractivity contribution >= 4 is 44.9 Å². The molecular formula is C17H15ClN4OS. The second-order valence-corrected chi connectivity index (χ2v) is 7.04. The normalized spacial score (nSPS) is 17.5. The van der Waals surface area contributed by atoms with Crippen LogP contribution in [-0.4, -0.2) is 29.0 Å². The van der Waals surface area contributed by atoms with E-state index in [0.717, 1.165) is 40.1 Å². The number of hydrogen-bond donors (Lipinski definition) is 1. The lowest BCUT2D eigenvalue weighted by Gasteiger charge is -2.19. The molecule has 0 saturated carbocycles. The van der Waals surface area contributed by atoms with E-state index < -0.39 is 0 Å². The molecule has 1 atom stereocenters. The van der Waals surface area contributed by atoms with Gasteiger partial charge in [-0.05, 0) is 23.6 Å². The second-order valence-electron chi connectivity index (χ2n) is 5.85. The Morgan fingerprint density at radius 3 is 2.79 bits per heavy atom. The number of nitrogens with zero attached hydrogens (tertiary/aromatic N) is 3. The van der Waals surface area contributed by atoms with Gasteiger partial charge in [-0.2, -0.15) is 4.98 Å². The molecule has 0 aliphatic carbocycles. The van der Waals surface area contributed by atoms with Crippen molar-refractivity contribution in [1.82, 2.24) is 9.97 Å². The Morgan fingerprint density at radius 2 is 2.08 bits per heavy atom. The zero-order chi connectivity index (χ0) is 16.7. The van der Waals surface area contributed by atoms with Crippen molar-refractivity contribution in [3.8, 4) is 11.1 Å². The van der Waals surface area contributed by atoms with Crippen molar-refractivity contribution in [3.05, 3.63) is 41.0 Å². The Kier molecular flexibility index (Phi) is 3.86. The Balaban J connectivity index is 1.86. The van der Waals surface area contributed by atoms with E-state index in [0.29, 0.717) is 6.54 Å². The summed E-state index contributed by atoms with van der Waals surface area (Å²) < 4.78 is 0. The fourth-order valence-electron chi connectivity index (χ4n) is 3.14. The number of carbonyl (C=O) groups excluding carboxylic acids is 1. The van der Waals surface area contributed by atoms with Crippen LogP contribution in [0, 0.1) is 5.92 Å². The molecule has 3 heterocycles. The summed E-state index contributed by atoms with van der Waals surface area (Å²) in [5, 5.41) is 3.29. The van der Waals surface area contributed by atoms with Crippen LogP contribution in [-0.2, 0) is 4.79 Å². The number of thiophene rings is 1. The topological polar surface area (TPSA) is 72.1 Å². The number of primary amides is 1. The van der Waals surface area contributed by atoms with Gasteiger partial charge in [0, 0.05) is 24.0 Å². The highest BCUT2D eigenvalue weighted by Crippen LogP contribution is 2.40. The molecule has 1 aromatic carbocycles. The van der Waals surface area contributed by atoms with Gasteiger partial charge in [0.1, 0.15) is 10.6 Å². The Morgan fingerprint density at radius 1 is 1.29 bits per heavy atom. The van der Waals surface area contributed by atoms with Crippen molar-refractivity contribution < 1.29 is 4.79 Å². The highest BCUT2D eigenvalue weighted by molar-refractivity contribution is 7.17. The van der Waals surface area contributed by atoms with Gasteiger partial charge < -0.3 is 10.6 Å². The van der Waals surface area contributed by atoms with Crippen LogP contribution in [0.3, 0.4) is 0 Å². The lowest BCUT2D eigenvalue weighted by Crippen LogP contribution is -2.27. The minimum Gasteiger partial charge on any atom is -0.369 e. The summed E-state index contributed by atoms with van der Waals surface area (Å²) in [6.07, 6.45) is 0.739. The number of aromatic nitrogens is 2. The Labute approximate surface area is 148 Å². The zero-order valence-electron chi connectivity index (χ0n) is 12.8. The van der Waals surface area contributed by atoms with Crippen LogP contribution in [0.2, 0.25) is 5.28 Å². The van der Waals surface area contributed by atoms with Gasteiger partial charge in [0.25, 0.3) is 0 Å². The molecule has 1 saturated heterocycles. The summed E-state index contributed by atoms with van der Waals surface area (Å²) in [6, 6.07) is 10.1. The molecule has 7 heteroatoms. The largest absolute Gasteiger partial charge is 0.369 e. The standard InChI is InChI=1S/C17H15ClN4OS/c18-17-20-15(22-7-6-11(8-22)14(19)23)13-12(9-24-16(13)21-17)10-4-2-1-3-5-10/h1-5,9,11H,6-8H2,(H2,19,23). The first-order valence-electron chi connectivity index (χ1n) is 7.68. The summed E-state index contributed by atoms with van der Waals surface area (Å²) in [6.45, 7) is 1.31. The lowest BCUT2D eigenvalue weighted by atomic mass is 10.1. The van der Waals surface area contributed by atoms with Crippen LogP contribution in [0.25, 0.3) is 21.3 Å². The second kappa shape index (κ2) is 6.03. The fourth-order valence-corrected chi connectivity index (χ4v) is 4.30. The van der Waals surface area contributed by atoms with Gasteiger partial charge in [0.15, 0.2) is 0 Å². The first-order valence-corrected chi connectivity index (χ1v) is 8.93. The van der Waals surface area contributed by atoms with Crippen molar-refractivity contribution in [2.75, 3.05) is 18.0 Å². The van der Waals surface area contributed by atoms with Gasteiger partial charge >= 0.3 is 0 Å². The number of halogens is 1. The minimum atomic E-state index is -0.262. The van der Waals surface area contributed by atoms with Gasteiger partial charge in [-0.1, -0.05) is 30.3 Å². The van der Waals surface area contributed by atoms with E-state index >= 15 is 0 Å². The number of anilines is 1. The number of amides is 1. The maximum atomic E-state index is 11.5. The number of benzene rings is 1. The third-order valence-electron chi connectivity index (χ3n) is 4.36. The number of fused-ring (bicyclic) bond motifs is 1. The van der Waals surface area contributed by atoms with E-state index in [1.165, 1.54) is 0 Å². The molecule has 5 nitrogen and oxygen atoms in total. The van der Waals surface area contributed by atoms with Crippen molar-refractivity contribution in [2.45, 2.75) is 6.42 Å². The quantitative estimate of drug-likeness (QED) is 0.729. The predicted octanol–water partition coefficient (Wildman–Crippen LogP) is 3.32. The minimum absolute atomic E-state index is 0.146. The molecule has 122 valence electrons. The van der Waals surface area contributed by atoms with Gasteiger partial charge in [-0.15, -0.1) is 11.3 Å². The molecular weight excluding hydrogens is 344 g/mol. The summed E-state index contributed by atoms with van der Waals surface area (Å²) in [5.74, 6) is 0.379. The van der Waals surface area contributed by atoms with Crippen LogP contribution in [0.15, 0.2) is 35.7 Å². The van der Waals surface area contributed by atoms with Crippen LogP contribution in [0.1, 0.15) is 6.42 Å². The van der Waals surface area contributed by atoms with E-state index in [-0.39, 0.29) is 17.1 Å². The zero-order valence-corrected chi connectivity index (χ0v) is 14.3. The first-order chi connectivity index (χ1) is 11.6. The molecule has 1 unspecified atom stereocenters. The lowest BCUT2D eigenvalue weighted by molar-refractivity contribution is -0.121. The van der Waals surface area contributed by atoms with E-state index in [2.05, 4.69) is 32.4 Å². The van der Waals surface area contributed by atoms with E-state index in [4.69, 9.17) is 17.3 Å². The Hall–Kier alpha value is -2.18. The molecule has 1 amide bonds. The molecule has 24 heavy (non-hydrogen) atoms. The van der Waals surface area contributed by atoms with Crippen molar-refractivity contribution in [2.24, 2.45) is 11.7 Å². The molecule has 0 bridgehead atoms. The predicted molar refractivity (Wildman–Crippen MR) is 97.4 cm³/mol. The smallest absolute Gasteiger partial charge is 0.225 e. The van der Waals surface area contributed by atoms with Crippen molar-refractivity contribution in [3.63, 3.8) is 0 Å². The summed E-state index contributed by atoms with van der Waals surface area (Å²) in [7, 11) is 0. The van der Waals surface area contributed by atoms with E-state index in [9.17, 15) is 4.79 Å². The maximum Gasteiger partial charge on any atom is 0.225 e. The van der Waals surface area contributed by atoms with Crippen LogP contribution in [0.5, 0.6) is 0 Å². The summed E-state index contributed by atoms with van der Waals surface area (Å²) in [4.78, 5) is 23.3. The van der Waals surface area contributed by atoms with Crippen LogP contribution < -0.4 is 10.6 Å². The first kappa shape index (κ1) is 15.4. The molecule has 4 rings (SSSR count). The fraction of sp³-hybridized carbons (Fsp3) is 0.235. The van der Waals surface area contributed by atoms with Crippen LogP contribution in [0.4, 0.5) is 5.82 Å². The third-order valence-corrected chi connectivity index (χ3v) is 5.40. The number of nitrogens with two attached hydrogens (primary N) is 1. The summed E-state index contributed by atoms with van der Waals surface area (Å²) in [5.41, 5.74) is 7.66. The average Bonchev–Trinajstić information content (AvgIpc) is 3.22. The molecule has 2 N–H and O–H groups in total. The Bertz CT molecular complexity index is 912. The van der Waals surface area contributed by atoms with Gasteiger partial charge in [0.2, 0.25) is 11.2 Å². The highest BCUT2D eigenvalue weighted by atomic mass is 35.5. The van der Waals surface area contributed by atoms with Crippen molar-refractivity contribution in [1.29, 1.82) is 0 Å². The SMILES string of the molecule is NC(=O)C1CCN(c2nc(Cl)nc3scc(-c4ccccc4)c23)C1. The van der Waals surface area contributed by atoms with E-state index in [1.807, 2.05) is 18.2 Å².